The average Bonchev–Trinajstić information content (AvgIpc) is 3.25. The fraction of sp³-hybridized carbons (Fsp3) is 0.500. The number of anilines is 1. The minimum Gasteiger partial charge on any atom is -0.357 e. The highest BCUT2D eigenvalue weighted by Gasteiger charge is 2.33. The molecule has 0 spiro atoms. The summed E-state index contributed by atoms with van der Waals surface area (Å²) in [6.45, 7) is 8.16. The predicted octanol–water partition coefficient (Wildman–Crippen LogP) is 3.02. The first-order valence-electron chi connectivity index (χ1n) is 9.40. The largest absolute Gasteiger partial charge is 0.357 e. The van der Waals surface area contributed by atoms with Crippen molar-refractivity contribution in [1.29, 1.82) is 5.26 Å². The van der Waals surface area contributed by atoms with E-state index in [4.69, 9.17) is 12.2 Å². The number of rotatable bonds is 4. The van der Waals surface area contributed by atoms with Gasteiger partial charge in [0.25, 0.3) is 11.5 Å². The molecule has 1 amide bonds. The monoisotopic (exact) mass is 416 g/mol. The minimum atomic E-state index is -0.300. The molecular formula is C20H24N4O2S2. The van der Waals surface area contributed by atoms with Gasteiger partial charge in [-0.1, -0.05) is 37.8 Å². The van der Waals surface area contributed by atoms with Crippen LogP contribution in [0.25, 0.3) is 6.08 Å². The van der Waals surface area contributed by atoms with Crippen LogP contribution in [0.2, 0.25) is 0 Å². The molecule has 3 heterocycles. The molecule has 1 aromatic rings. The van der Waals surface area contributed by atoms with Gasteiger partial charge in [0.2, 0.25) is 0 Å². The molecule has 0 aromatic carbocycles. The lowest BCUT2D eigenvalue weighted by atomic mass is 10.0. The Morgan fingerprint density at radius 2 is 1.93 bits per heavy atom. The SMILES string of the molecule is Cc1c(C=C2SC(=S)N(CC(C)C)C2=O)c(N2CCCC2)n(C)c(=O)c1C#N. The number of thioether (sulfide) groups is 1. The maximum atomic E-state index is 12.9. The summed E-state index contributed by atoms with van der Waals surface area (Å²) in [6.07, 6.45) is 3.93. The van der Waals surface area contributed by atoms with Crippen molar-refractivity contribution in [2.45, 2.75) is 33.6 Å². The Morgan fingerprint density at radius 3 is 2.50 bits per heavy atom. The molecule has 148 valence electrons. The highest BCUT2D eigenvalue weighted by molar-refractivity contribution is 8.26. The summed E-state index contributed by atoms with van der Waals surface area (Å²) in [5, 5.41) is 9.50. The van der Waals surface area contributed by atoms with Gasteiger partial charge in [0.15, 0.2) is 0 Å². The molecule has 2 aliphatic rings. The first-order chi connectivity index (χ1) is 13.3. The Balaban J connectivity index is 2.16. The Morgan fingerprint density at radius 1 is 1.29 bits per heavy atom. The third-order valence-corrected chi connectivity index (χ3v) is 6.45. The van der Waals surface area contributed by atoms with Crippen molar-refractivity contribution in [2.75, 3.05) is 24.5 Å². The van der Waals surface area contributed by atoms with E-state index in [9.17, 15) is 14.9 Å². The van der Waals surface area contributed by atoms with Crippen molar-refractivity contribution < 1.29 is 4.79 Å². The van der Waals surface area contributed by atoms with Gasteiger partial charge in [0, 0.05) is 32.2 Å². The Labute approximate surface area is 174 Å². The number of carbonyl (C=O) groups is 1. The number of thiocarbonyl (C=S) groups is 1. The molecule has 2 aliphatic heterocycles. The Kier molecular flexibility index (Phi) is 5.96. The van der Waals surface area contributed by atoms with Crippen LogP contribution in [-0.2, 0) is 11.8 Å². The summed E-state index contributed by atoms with van der Waals surface area (Å²) in [7, 11) is 1.69. The van der Waals surface area contributed by atoms with Gasteiger partial charge in [-0.3, -0.25) is 19.1 Å². The minimum absolute atomic E-state index is 0.108. The van der Waals surface area contributed by atoms with Crippen molar-refractivity contribution in [2.24, 2.45) is 13.0 Å². The van der Waals surface area contributed by atoms with Crippen LogP contribution in [0.15, 0.2) is 9.70 Å². The number of hydrogen-bond acceptors (Lipinski definition) is 6. The van der Waals surface area contributed by atoms with Crippen LogP contribution in [-0.4, -0.2) is 39.3 Å². The number of nitriles is 1. The third kappa shape index (κ3) is 3.61. The summed E-state index contributed by atoms with van der Waals surface area (Å²) in [5.74, 6) is 0.974. The maximum Gasteiger partial charge on any atom is 0.270 e. The smallest absolute Gasteiger partial charge is 0.270 e. The summed E-state index contributed by atoms with van der Waals surface area (Å²) in [6, 6.07) is 2.03. The lowest BCUT2D eigenvalue weighted by Gasteiger charge is -2.25. The van der Waals surface area contributed by atoms with E-state index in [-0.39, 0.29) is 17.0 Å². The highest BCUT2D eigenvalue weighted by Crippen LogP contribution is 2.36. The van der Waals surface area contributed by atoms with Crippen LogP contribution < -0.4 is 10.5 Å². The molecule has 0 aliphatic carbocycles. The van der Waals surface area contributed by atoms with Gasteiger partial charge >= 0.3 is 0 Å². The second-order valence-electron chi connectivity index (χ2n) is 7.59. The fourth-order valence-corrected chi connectivity index (χ4v) is 4.93. The Hall–Kier alpha value is -2.11. The number of amides is 1. The molecule has 0 saturated carbocycles. The van der Waals surface area contributed by atoms with E-state index in [0.29, 0.717) is 27.3 Å². The molecule has 28 heavy (non-hydrogen) atoms. The highest BCUT2D eigenvalue weighted by atomic mass is 32.2. The van der Waals surface area contributed by atoms with Gasteiger partial charge in [-0.25, -0.2) is 0 Å². The second kappa shape index (κ2) is 8.10. The summed E-state index contributed by atoms with van der Waals surface area (Å²) >= 11 is 6.69. The summed E-state index contributed by atoms with van der Waals surface area (Å²) in [4.78, 5) is 29.9. The molecular weight excluding hydrogens is 392 g/mol. The van der Waals surface area contributed by atoms with Crippen molar-refractivity contribution in [3.05, 3.63) is 31.9 Å². The summed E-state index contributed by atoms with van der Waals surface area (Å²) < 4.78 is 2.09. The molecule has 2 saturated heterocycles. The molecule has 2 fully saturated rings. The summed E-state index contributed by atoms with van der Waals surface area (Å²) in [5.41, 5.74) is 1.19. The van der Waals surface area contributed by atoms with Gasteiger partial charge in [-0.05, 0) is 37.3 Å². The predicted molar refractivity (Wildman–Crippen MR) is 117 cm³/mol. The van der Waals surface area contributed by atoms with E-state index in [2.05, 4.69) is 4.90 Å². The Bertz CT molecular complexity index is 966. The topological polar surface area (TPSA) is 69.3 Å². The van der Waals surface area contributed by atoms with Crippen molar-refractivity contribution in [1.82, 2.24) is 9.47 Å². The van der Waals surface area contributed by atoms with E-state index in [0.717, 1.165) is 37.3 Å². The molecule has 3 rings (SSSR count). The van der Waals surface area contributed by atoms with Crippen LogP contribution in [0.1, 0.15) is 43.4 Å². The molecule has 0 N–H and O–H groups in total. The molecule has 8 heteroatoms. The normalized spacial score (nSPS) is 18.6. The lowest BCUT2D eigenvalue weighted by Crippen LogP contribution is -2.32. The third-order valence-electron chi connectivity index (χ3n) is 5.07. The maximum absolute atomic E-state index is 12.9. The van der Waals surface area contributed by atoms with Crippen LogP contribution in [0, 0.1) is 24.2 Å². The number of hydrogen-bond donors (Lipinski definition) is 0. The van der Waals surface area contributed by atoms with E-state index in [1.165, 1.54) is 16.3 Å². The number of aromatic nitrogens is 1. The first-order valence-corrected chi connectivity index (χ1v) is 10.6. The van der Waals surface area contributed by atoms with E-state index >= 15 is 0 Å². The number of carbonyl (C=O) groups excluding carboxylic acids is 1. The van der Waals surface area contributed by atoms with Crippen molar-refractivity contribution in [3.63, 3.8) is 0 Å². The quantitative estimate of drug-likeness (QED) is 0.555. The first kappa shape index (κ1) is 20.6. The van der Waals surface area contributed by atoms with Crippen molar-refractivity contribution in [3.8, 4) is 6.07 Å². The molecule has 0 unspecified atom stereocenters. The van der Waals surface area contributed by atoms with E-state index in [1.807, 2.05) is 26.0 Å². The van der Waals surface area contributed by atoms with Crippen LogP contribution in [0.4, 0.5) is 5.82 Å². The van der Waals surface area contributed by atoms with Gasteiger partial charge in [-0.15, -0.1) is 0 Å². The van der Waals surface area contributed by atoms with E-state index < -0.39 is 0 Å². The molecule has 0 atom stereocenters. The molecule has 0 radical (unpaired) electrons. The fourth-order valence-electron chi connectivity index (χ4n) is 3.68. The molecule has 1 aromatic heterocycles. The van der Waals surface area contributed by atoms with E-state index in [1.54, 1.807) is 18.9 Å². The second-order valence-corrected chi connectivity index (χ2v) is 9.27. The van der Waals surface area contributed by atoms with Gasteiger partial charge in [-0.2, -0.15) is 5.26 Å². The zero-order chi connectivity index (χ0) is 20.6. The number of nitrogens with zero attached hydrogens (tertiary/aromatic N) is 4. The average molecular weight is 417 g/mol. The van der Waals surface area contributed by atoms with Gasteiger partial charge in [0.05, 0.1) is 4.91 Å². The molecule has 6 nitrogen and oxygen atoms in total. The van der Waals surface area contributed by atoms with Crippen LogP contribution in [0.3, 0.4) is 0 Å². The van der Waals surface area contributed by atoms with Crippen molar-refractivity contribution >= 4 is 46.1 Å². The standard InChI is InChI=1S/C20H24N4O2S2/c1-12(2)11-24-19(26)16(28-20(24)27)9-14-13(3)15(10-21)18(25)22(4)17(14)23-7-5-6-8-23/h9,12H,5-8,11H2,1-4H3. The zero-order valence-corrected chi connectivity index (χ0v) is 18.2. The van der Waals surface area contributed by atoms with Crippen LogP contribution >= 0.6 is 24.0 Å². The van der Waals surface area contributed by atoms with Gasteiger partial charge in [0.1, 0.15) is 21.8 Å². The molecule has 0 bridgehead atoms. The number of pyridine rings is 1. The van der Waals surface area contributed by atoms with Crippen LogP contribution in [0.5, 0.6) is 0 Å². The van der Waals surface area contributed by atoms with Gasteiger partial charge < -0.3 is 4.90 Å². The lowest BCUT2D eigenvalue weighted by molar-refractivity contribution is -0.122. The zero-order valence-electron chi connectivity index (χ0n) is 16.6.